The van der Waals surface area contributed by atoms with Gasteiger partial charge in [-0.2, -0.15) is 0 Å². The van der Waals surface area contributed by atoms with Gasteiger partial charge in [-0.3, -0.25) is 9.59 Å². The van der Waals surface area contributed by atoms with Gasteiger partial charge in [0, 0.05) is 31.0 Å². The van der Waals surface area contributed by atoms with Crippen LogP contribution in [0.25, 0.3) is 0 Å². The largest absolute Gasteiger partial charge is 0.481 e. The van der Waals surface area contributed by atoms with Gasteiger partial charge in [-0.05, 0) is 31.4 Å². The summed E-state index contributed by atoms with van der Waals surface area (Å²) in [6.07, 6.45) is 0. The number of nitrogens with zero attached hydrogens (tertiary/aromatic N) is 2. The van der Waals surface area contributed by atoms with Gasteiger partial charge in [0.25, 0.3) is 5.91 Å². The zero-order valence-corrected chi connectivity index (χ0v) is 14.9. The highest BCUT2D eigenvalue weighted by molar-refractivity contribution is 5.96. The summed E-state index contributed by atoms with van der Waals surface area (Å²) >= 11 is 0. The van der Waals surface area contributed by atoms with E-state index < -0.39 is 11.9 Å². The molecule has 0 spiro atoms. The van der Waals surface area contributed by atoms with Gasteiger partial charge in [0.1, 0.15) is 0 Å². The average molecular weight is 340 g/mol. The van der Waals surface area contributed by atoms with E-state index in [0.717, 1.165) is 17.9 Å². The Kier molecular flexibility index (Phi) is 4.66. The second-order valence-corrected chi connectivity index (χ2v) is 6.99. The second-order valence-electron chi connectivity index (χ2n) is 6.99. The number of hydrogen-bond acceptors (Lipinski definition) is 2. The van der Waals surface area contributed by atoms with Crippen molar-refractivity contribution in [3.05, 3.63) is 58.9 Å². The minimum absolute atomic E-state index is 0.0192. The molecule has 5 nitrogen and oxygen atoms in total. The van der Waals surface area contributed by atoms with Crippen molar-refractivity contribution in [1.82, 2.24) is 9.47 Å². The summed E-state index contributed by atoms with van der Waals surface area (Å²) in [4.78, 5) is 25.9. The van der Waals surface area contributed by atoms with Crippen molar-refractivity contribution in [3.8, 4) is 0 Å². The van der Waals surface area contributed by atoms with E-state index in [-0.39, 0.29) is 18.4 Å². The molecule has 2 heterocycles. The number of hydrogen-bond donors (Lipinski definition) is 1. The number of aromatic nitrogens is 1. The van der Waals surface area contributed by atoms with Gasteiger partial charge < -0.3 is 14.6 Å². The van der Waals surface area contributed by atoms with Crippen LogP contribution < -0.4 is 0 Å². The molecule has 1 aliphatic heterocycles. The van der Waals surface area contributed by atoms with Crippen LogP contribution in [0.2, 0.25) is 0 Å². The van der Waals surface area contributed by atoms with Gasteiger partial charge in [0.15, 0.2) is 0 Å². The topological polar surface area (TPSA) is 62.5 Å². The lowest BCUT2D eigenvalue weighted by molar-refractivity contribution is -0.142. The maximum atomic E-state index is 12.9. The Bertz CT molecular complexity index is 795. The summed E-state index contributed by atoms with van der Waals surface area (Å²) in [5, 5.41) is 9.28. The highest BCUT2D eigenvalue weighted by atomic mass is 16.4. The van der Waals surface area contributed by atoms with E-state index >= 15 is 0 Å². The molecule has 132 valence electrons. The lowest BCUT2D eigenvalue weighted by atomic mass is 9.99. The number of benzene rings is 1. The van der Waals surface area contributed by atoms with Crippen LogP contribution in [0, 0.1) is 25.7 Å². The second kappa shape index (κ2) is 6.75. The third-order valence-electron chi connectivity index (χ3n) is 5.20. The minimum Gasteiger partial charge on any atom is -0.481 e. The molecule has 0 radical (unpaired) electrons. The molecule has 0 bridgehead atoms. The molecule has 1 saturated heterocycles. The Morgan fingerprint density at radius 3 is 2.44 bits per heavy atom. The Balaban J connectivity index is 1.83. The summed E-state index contributed by atoms with van der Waals surface area (Å²) < 4.78 is 2.14. The van der Waals surface area contributed by atoms with Crippen molar-refractivity contribution in [3.63, 3.8) is 0 Å². The van der Waals surface area contributed by atoms with Crippen molar-refractivity contribution >= 4 is 11.9 Å². The van der Waals surface area contributed by atoms with Crippen LogP contribution >= 0.6 is 0 Å². The molecule has 0 saturated carbocycles. The third-order valence-corrected chi connectivity index (χ3v) is 5.20. The molecule has 1 fully saturated rings. The predicted molar refractivity (Wildman–Crippen MR) is 95.6 cm³/mol. The van der Waals surface area contributed by atoms with Crippen molar-refractivity contribution in [2.75, 3.05) is 13.1 Å². The Morgan fingerprint density at radius 1 is 1.16 bits per heavy atom. The lowest BCUT2D eigenvalue weighted by Crippen LogP contribution is -2.30. The maximum absolute atomic E-state index is 12.9. The van der Waals surface area contributed by atoms with E-state index in [9.17, 15) is 14.7 Å². The number of amides is 1. The van der Waals surface area contributed by atoms with E-state index in [1.54, 1.807) is 4.90 Å². The predicted octanol–water partition coefficient (Wildman–Crippen LogP) is 2.95. The highest BCUT2D eigenvalue weighted by Gasteiger charge is 2.37. The highest BCUT2D eigenvalue weighted by Crippen LogP contribution is 2.26. The van der Waals surface area contributed by atoms with Gasteiger partial charge in [-0.1, -0.05) is 37.3 Å². The van der Waals surface area contributed by atoms with Crippen LogP contribution in [0.15, 0.2) is 36.4 Å². The molecule has 2 atom stereocenters. The van der Waals surface area contributed by atoms with Crippen LogP contribution in [0.4, 0.5) is 0 Å². The first-order chi connectivity index (χ1) is 11.9. The molecule has 1 aromatic heterocycles. The normalized spacial score (nSPS) is 20.0. The van der Waals surface area contributed by atoms with Crippen LogP contribution in [-0.2, 0) is 11.3 Å². The van der Waals surface area contributed by atoms with E-state index in [0.29, 0.717) is 12.1 Å². The first kappa shape index (κ1) is 17.3. The molecule has 1 amide bonds. The molecule has 0 aliphatic carbocycles. The van der Waals surface area contributed by atoms with E-state index in [2.05, 4.69) is 16.7 Å². The molecule has 0 unspecified atom stereocenters. The Hall–Kier alpha value is -2.56. The van der Waals surface area contributed by atoms with Crippen molar-refractivity contribution in [2.45, 2.75) is 27.3 Å². The zero-order valence-electron chi connectivity index (χ0n) is 14.9. The lowest BCUT2D eigenvalue weighted by Gasteiger charge is -2.16. The fourth-order valence-electron chi connectivity index (χ4n) is 3.65. The summed E-state index contributed by atoms with van der Waals surface area (Å²) in [5.74, 6) is -1.38. The molecule has 1 aromatic carbocycles. The fraction of sp³-hybridized carbons (Fsp3) is 0.400. The number of rotatable bonds is 4. The number of carboxylic acids is 1. The summed E-state index contributed by atoms with van der Waals surface area (Å²) in [6, 6.07) is 12.1. The van der Waals surface area contributed by atoms with Crippen molar-refractivity contribution in [1.29, 1.82) is 0 Å². The maximum Gasteiger partial charge on any atom is 0.308 e. The van der Waals surface area contributed by atoms with Gasteiger partial charge >= 0.3 is 5.97 Å². The molecule has 5 heteroatoms. The van der Waals surface area contributed by atoms with E-state index in [1.807, 2.05) is 45.0 Å². The van der Waals surface area contributed by atoms with Crippen LogP contribution in [0.1, 0.15) is 34.2 Å². The third kappa shape index (κ3) is 3.31. The molecule has 1 aliphatic rings. The Morgan fingerprint density at radius 2 is 1.84 bits per heavy atom. The molecule has 1 N–H and O–H groups in total. The first-order valence-electron chi connectivity index (χ1n) is 8.61. The standard InChI is InChI=1S/C20H24N2O3/c1-13-10-21(12-18(13)20(24)25)19(23)17-9-14(2)22(15(17)3)11-16-7-5-4-6-8-16/h4-9,13,18H,10-12H2,1-3H3,(H,24,25)/t13-,18-/m1/s1. The number of carbonyl (C=O) groups excluding carboxylic acids is 1. The van der Waals surface area contributed by atoms with Crippen LogP contribution in [0.3, 0.4) is 0 Å². The number of carbonyl (C=O) groups is 2. The van der Waals surface area contributed by atoms with E-state index in [1.165, 1.54) is 5.56 Å². The average Bonchev–Trinajstić information content (AvgIpc) is 3.10. The smallest absolute Gasteiger partial charge is 0.308 e. The van der Waals surface area contributed by atoms with Gasteiger partial charge in [-0.25, -0.2) is 0 Å². The summed E-state index contributed by atoms with van der Waals surface area (Å²) in [7, 11) is 0. The SMILES string of the molecule is Cc1cc(C(=O)N2C[C@@H](C)[C@H](C(=O)O)C2)c(C)n1Cc1ccccc1. The molecule has 2 aromatic rings. The summed E-state index contributed by atoms with van der Waals surface area (Å²) in [6.45, 7) is 7.36. The first-order valence-corrected chi connectivity index (χ1v) is 8.61. The molecule has 3 rings (SSSR count). The monoisotopic (exact) mass is 340 g/mol. The molecular formula is C20H24N2O3. The van der Waals surface area contributed by atoms with Gasteiger partial charge in [0.05, 0.1) is 11.5 Å². The minimum atomic E-state index is -0.822. The van der Waals surface area contributed by atoms with E-state index in [4.69, 9.17) is 0 Å². The van der Waals surface area contributed by atoms with Gasteiger partial charge in [-0.15, -0.1) is 0 Å². The number of carboxylic acid groups (broad SMARTS) is 1. The van der Waals surface area contributed by atoms with Crippen LogP contribution in [0.5, 0.6) is 0 Å². The van der Waals surface area contributed by atoms with Gasteiger partial charge in [0.2, 0.25) is 0 Å². The van der Waals surface area contributed by atoms with Crippen molar-refractivity contribution in [2.24, 2.45) is 11.8 Å². The molecular weight excluding hydrogens is 316 g/mol. The fourth-order valence-corrected chi connectivity index (χ4v) is 3.65. The quantitative estimate of drug-likeness (QED) is 0.931. The summed E-state index contributed by atoms with van der Waals surface area (Å²) in [5.41, 5.74) is 3.82. The molecule has 25 heavy (non-hydrogen) atoms. The Labute approximate surface area is 147 Å². The number of likely N-dealkylation sites (tertiary alicyclic amines) is 1. The van der Waals surface area contributed by atoms with Crippen LogP contribution in [-0.4, -0.2) is 39.5 Å². The number of aliphatic carboxylic acids is 1. The van der Waals surface area contributed by atoms with Crippen molar-refractivity contribution < 1.29 is 14.7 Å². The number of aryl methyl sites for hydroxylation is 1. The zero-order chi connectivity index (χ0) is 18.1.